The average molecular weight is 299 g/mol. The second-order valence-corrected chi connectivity index (χ2v) is 5.38. The minimum atomic E-state index is -0.962. The molecule has 5 nitrogen and oxygen atoms in total. The number of carbonyl (C=O) groups is 3. The smallest absolute Gasteiger partial charge is 0.335 e. The molecule has 0 bridgehead atoms. The van der Waals surface area contributed by atoms with Gasteiger partial charge in [0.05, 0.1) is 5.56 Å². The fourth-order valence-electron chi connectivity index (χ4n) is 2.24. The summed E-state index contributed by atoms with van der Waals surface area (Å²) in [7, 11) is 0. The molecule has 5 heteroatoms. The molecule has 0 aromatic heterocycles. The fourth-order valence-corrected chi connectivity index (χ4v) is 2.24. The van der Waals surface area contributed by atoms with Crippen molar-refractivity contribution in [2.75, 3.05) is 11.9 Å². The summed E-state index contributed by atoms with van der Waals surface area (Å²) < 4.78 is 0. The van der Waals surface area contributed by atoms with Crippen molar-refractivity contribution in [2.24, 2.45) is 0 Å². The molecule has 0 fully saturated rings. The minimum absolute atomic E-state index is 0.0629. The maximum absolute atomic E-state index is 11.7. The highest BCUT2D eigenvalue weighted by molar-refractivity contribution is 6.17. The van der Waals surface area contributed by atoms with E-state index in [4.69, 9.17) is 0 Å². The summed E-state index contributed by atoms with van der Waals surface area (Å²) in [6.45, 7) is 4.06. The SMILES string of the molecule is CC(C)c1cc(NCC2=CC(=O)C=CC2=O)ccc1C(=O)O. The summed E-state index contributed by atoms with van der Waals surface area (Å²) in [5.41, 5.74) is 2.09. The molecule has 0 aliphatic heterocycles. The predicted molar refractivity (Wildman–Crippen MR) is 83.2 cm³/mol. The number of hydrogen-bond donors (Lipinski definition) is 2. The zero-order valence-electron chi connectivity index (χ0n) is 12.4. The molecule has 0 saturated heterocycles. The molecule has 0 atom stereocenters. The number of carboxylic acid groups (broad SMARTS) is 1. The fraction of sp³-hybridized carbons (Fsp3) is 0.235. The number of carbonyl (C=O) groups excluding carboxylic acids is 2. The van der Waals surface area contributed by atoms with Crippen LogP contribution in [-0.4, -0.2) is 29.2 Å². The first kappa shape index (κ1) is 15.7. The van der Waals surface area contributed by atoms with E-state index in [0.29, 0.717) is 11.3 Å². The van der Waals surface area contributed by atoms with Crippen LogP contribution in [0.2, 0.25) is 0 Å². The zero-order chi connectivity index (χ0) is 16.3. The Morgan fingerprint density at radius 1 is 1.23 bits per heavy atom. The first-order valence-electron chi connectivity index (χ1n) is 6.96. The van der Waals surface area contributed by atoms with Gasteiger partial charge in [0.25, 0.3) is 0 Å². The van der Waals surface area contributed by atoms with Crippen molar-refractivity contribution < 1.29 is 19.5 Å². The molecule has 2 rings (SSSR count). The topological polar surface area (TPSA) is 83.5 Å². The normalized spacial score (nSPS) is 14.2. The molecule has 0 radical (unpaired) electrons. The number of carboxylic acids is 1. The van der Waals surface area contributed by atoms with E-state index in [-0.39, 0.29) is 29.6 Å². The Morgan fingerprint density at radius 2 is 1.95 bits per heavy atom. The van der Waals surface area contributed by atoms with Crippen molar-refractivity contribution in [1.29, 1.82) is 0 Å². The highest BCUT2D eigenvalue weighted by atomic mass is 16.4. The molecule has 1 aliphatic carbocycles. The van der Waals surface area contributed by atoms with Gasteiger partial charge in [-0.25, -0.2) is 4.79 Å². The van der Waals surface area contributed by atoms with Crippen LogP contribution < -0.4 is 5.32 Å². The number of aromatic carboxylic acids is 1. The molecule has 22 heavy (non-hydrogen) atoms. The van der Waals surface area contributed by atoms with Crippen molar-refractivity contribution in [3.05, 3.63) is 53.1 Å². The van der Waals surface area contributed by atoms with Gasteiger partial charge in [-0.3, -0.25) is 9.59 Å². The molecule has 1 aromatic carbocycles. The van der Waals surface area contributed by atoms with Gasteiger partial charge < -0.3 is 10.4 Å². The van der Waals surface area contributed by atoms with Crippen LogP contribution in [0.4, 0.5) is 5.69 Å². The van der Waals surface area contributed by atoms with E-state index in [9.17, 15) is 19.5 Å². The van der Waals surface area contributed by atoms with Crippen LogP contribution in [0, 0.1) is 0 Å². The number of ketones is 2. The van der Waals surface area contributed by atoms with Gasteiger partial charge in [-0.05, 0) is 47.9 Å². The van der Waals surface area contributed by atoms with Crippen molar-refractivity contribution in [3.8, 4) is 0 Å². The van der Waals surface area contributed by atoms with E-state index in [1.807, 2.05) is 13.8 Å². The van der Waals surface area contributed by atoms with Gasteiger partial charge in [0.2, 0.25) is 0 Å². The van der Waals surface area contributed by atoms with E-state index >= 15 is 0 Å². The van der Waals surface area contributed by atoms with Gasteiger partial charge >= 0.3 is 5.97 Å². The molecule has 0 heterocycles. The Kier molecular flexibility index (Phi) is 4.56. The van der Waals surface area contributed by atoms with E-state index in [1.165, 1.54) is 18.2 Å². The molecule has 0 saturated carbocycles. The predicted octanol–water partition coefficient (Wildman–Crippen LogP) is 2.55. The highest BCUT2D eigenvalue weighted by Gasteiger charge is 2.15. The lowest BCUT2D eigenvalue weighted by Crippen LogP contribution is -2.16. The lowest BCUT2D eigenvalue weighted by Gasteiger charge is -2.14. The molecule has 1 aliphatic rings. The summed E-state index contributed by atoms with van der Waals surface area (Å²) in [5.74, 6) is -1.30. The van der Waals surface area contributed by atoms with Gasteiger partial charge in [-0.1, -0.05) is 13.8 Å². The second-order valence-electron chi connectivity index (χ2n) is 5.38. The maximum Gasteiger partial charge on any atom is 0.335 e. The van der Waals surface area contributed by atoms with E-state index in [2.05, 4.69) is 5.32 Å². The molecule has 0 unspecified atom stereocenters. The maximum atomic E-state index is 11.7. The van der Waals surface area contributed by atoms with Crippen LogP contribution in [-0.2, 0) is 9.59 Å². The average Bonchev–Trinajstić information content (AvgIpc) is 2.47. The molecule has 1 aromatic rings. The quantitative estimate of drug-likeness (QED) is 0.816. The van der Waals surface area contributed by atoms with E-state index in [0.717, 1.165) is 5.56 Å². The molecular weight excluding hydrogens is 282 g/mol. The largest absolute Gasteiger partial charge is 0.478 e. The van der Waals surface area contributed by atoms with Crippen LogP contribution in [0.15, 0.2) is 42.0 Å². The van der Waals surface area contributed by atoms with Crippen molar-refractivity contribution in [2.45, 2.75) is 19.8 Å². The van der Waals surface area contributed by atoms with E-state index in [1.54, 1.807) is 18.2 Å². The van der Waals surface area contributed by atoms with Crippen LogP contribution in [0.1, 0.15) is 35.7 Å². The lowest BCUT2D eigenvalue weighted by molar-refractivity contribution is -0.114. The Morgan fingerprint density at radius 3 is 2.59 bits per heavy atom. The van der Waals surface area contributed by atoms with Gasteiger partial charge in [0.15, 0.2) is 11.6 Å². The number of nitrogens with one attached hydrogen (secondary N) is 1. The summed E-state index contributed by atoms with van der Waals surface area (Å²) in [5, 5.41) is 12.2. The van der Waals surface area contributed by atoms with Crippen molar-refractivity contribution >= 4 is 23.2 Å². The van der Waals surface area contributed by atoms with Crippen LogP contribution in [0.5, 0.6) is 0 Å². The summed E-state index contributed by atoms with van der Waals surface area (Å²) in [6.07, 6.45) is 3.81. The van der Waals surface area contributed by atoms with Gasteiger partial charge in [-0.15, -0.1) is 0 Å². The third-order valence-corrected chi connectivity index (χ3v) is 3.42. The Labute approximate surface area is 128 Å². The van der Waals surface area contributed by atoms with Gasteiger partial charge in [0, 0.05) is 17.8 Å². The first-order valence-corrected chi connectivity index (χ1v) is 6.96. The number of rotatable bonds is 5. The molecular formula is C17H17NO4. The monoisotopic (exact) mass is 299 g/mol. The third kappa shape index (κ3) is 3.49. The summed E-state index contributed by atoms with van der Waals surface area (Å²) in [6, 6.07) is 4.96. The van der Waals surface area contributed by atoms with Crippen molar-refractivity contribution in [3.63, 3.8) is 0 Å². The van der Waals surface area contributed by atoms with Crippen molar-refractivity contribution in [1.82, 2.24) is 0 Å². The number of benzene rings is 1. The Balaban J connectivity index is 2.17. The second kappa shape index (κ2) is 6.39. The molecule has 114 valence electrons. The van der Waals surface area contributed by atoms with Crippen LogP contribution in [0.3, 0.4) is 0 Å². The third-order valence-electron chi connectivity index (χ3n) is 3.42. The zero-order valence-corrected chi connectivity index (χ0v) is 12.4. The summed E-state index contributed by atoms with van der Waals surface area (Å²) >= 11 is 0. The minimum Gasteiger partial charge on any atom is -0.478 e. The van der Waals surface area contributed by atoms with E-state index < -0.39 is 5.97 Å². The number of hydrogen-bond acceptors (Lipinski definition) is 4. The lowest BCUT2D eigenvalue weighted by atomic mass is 9.96. The molecule has 0 spiro atoms. The first-order chi connectivity index (χ1) is 10.4. The Hall–Kier alpha value is -2.69. The standard InChI is InChI=1S/C17H17NO4/c1-10(2)15-8-12(3-5-14(15)17(21)22)18-9-11-7-13(19)4-6-16(11)20/h3-8,10,18H,9H2,1-2H3,(H,21,22). The highest BCUT2D eigenvalue weighted by Crippen LogP contribution is 2.24. The Bertz CT molecular complexity index is 699. The molecule has 0 amide bonds. The number of anilines is 1. The number of allylic oxidation sites excluding steroid dienone is 3. The van der Waals surface area contributed by atoms with Crippen LogP contribution >= 0.6 is 0 Å². The van der Waals surface area contributed by atoms with Gasteiger partial charge in [-0.2, -0.15) is 0 Å². The van der Waals surface area contributed by atoms with Gasteiger partial charge in [0.1, 0.15) is 0 Å². The molecule has 2 N–H and O–H groups in total. The summed E-state index contributed by atoms with van der Waals surface area (Å²) in [4.78, 5) is 34.1. The van der Waals surface area contributed by atoms with Crippen LogP contribution in [0.25, 0.3) is 0 Å².